The van der Waals surface area contributed by atoms with Crippen molar-refractivity contribution in [1.82, 2.24) is 4.98 Å². The van der Waals surface area contributed by atoms with E-state index in [4.69, 9.17) is 11.6 Å². The van der Waals surface area contributed by atoms with Gasteiger partial charge in [-0.15, -0.1) is 0 Å². The minimum Gasteiger partial charge on any atom is -0.322 e. The Kier molecular flexibility index (Phi) is 5.29. The van der Waals surface area contributed by atoms with Gasteiger partial charge in [-0.05, 0) is 48.9 Å². The van der Waals surface area contributed by atoms with E-state index in [0.717, 1.165) is 0 Å². The highest BCUT2D eigenvalue weighted by Gasteiger charge is 2.14. The number of pyridine rings is 1. The van der Waals surface area contributed by atoms with Crippen LogP contribution in [0.15, 0.2) is 66.9 Å². The van der Waals surface area contributed by atoms with E-state index in [1.165, 1.54) is 12.3 Å². The second kappa shape index (κ2) is 7.80. The van der Waals surface area contributed by atoms with Gasteiger partial charge in [0, 0.05) is 28.7 Å². The van der Waals surface area contributed by atoms with Crippen molar-refractivity contribution in [3.63, 3.8) is 0 Å². The van der Waals surface area contributed by atoms with Crippen LogP contribution >= 0.6 is 11.6 Å². The van der Waals surface area contributed by atoms with Crippen LogP contribution in [0.1, 0.15) is 26.3 Å². The summed E-state index contributed by atoms with van der Waals surface area (Å²) in [6.45, 7) is 1.79. The van der Waals surface area contributed by atoms with Gasteiger partial charge in [-0.25, -0.2) is 4.98 Å². The minimum atomic E-state index is -0.321. The number of nitrogens with one attached hydrogen (secondary N) is 2. The highest BCUT2D eigenvalue weighted by atomic mass is 35.5. The summed E-state index contributed by atoms with van der Waals surface area (Å²) in [5, 5.41) is 5.89. The quantitative estimate of drug-likeness (QED) is 0.666. The summed E-state index contributed by atoms with van der Waals surface area (Å²) in [6.07, 6.45) is 1.47. The maximum Gasteiger partial charge on any atom is 0.256 e. The van der Waals surface area contributed by atoms with Crippen molar-refractivity contribution in [1.29, 1.82) is 0 Å². The van der Waals surface area contributed by atoms with Crippen molar-refractivity contribution < 1.29 is 9.59 Å². The fraction of sp³-hybridized carbons (Fsp3) is 0.0500. The SMILES string of the molecule is Cc1c(NC(=O)c2ccnc(Cl)c2)cccc1C(=O)Nc1ccccc1. The van der Waals surface area contributed by atoms with Gasteiger partial charge in [0.15, 0.2) is 0 Å². The summed E-state index contributed by atoms with van der Waals surface area (Å²) in [6, 6.07) is 17.4. The molecule has 3 rings (SSSR count). The molecule has 0 spiro atoms. The number of rotatable bonds is 4. The summed E-state index contributed by atoms with van der Waals surface area (Å²) in [4.78, 5) is 28.8. The molecule has 0 aliphatic heterocycles. The van der Waals surface area contributed by atoms with Crippen LogP contribution in [-0.2, 0) is 0 Å². The molecule has 2 aromatic carbocycles. The van der Waals surface area contributed by atoms with Crippen LogP contribution in [0.3, 0.4) is 0 Å². The van der Waals surface area contributed by atoms with Gasteiger partial charge in [0.1, 0.15) is 5.15 Å². The number of carbonyl (C=O) groups excluding carboxylic acids is 2. The van der Waals surface area contributed by atoms with Crippen LogP contribution in [0.2, 0.25) is 5.15 Å². The molecule has 0 bridgehead atoms. The highest BCUT2D eigenvalue weighted by Crippen LogP contribution is 2.21. The lowest BCUT2D eigenvalue weighted by atomic mass is 10.1. The Morgan fingerprint density at radius 3 is 2.42 bits per heavy atom. The van der Waals surface area contributed by atoms with Crippen molar-refractivity contribution in [2.75, 3.05) is 10.6 Å². The highest BCUT2D eigenvalue weighted by molar-refractivity contribution is 6.29. The number of amides is 2. The van der Waals surface area contributed by atoms with Crippen LogP contribution in [-0.4, -0.2) is 16.8 Å². The molecule has 0 radical (unpaired) electrons. The van der Waals surface area contributed by atoms with Gasteiger partial charge < -0.3 is 10.6 Å². The first-order valence-electron chi connectivity index (χ1n) is 7.93. The lowest BCUT2D eigenvalue weighted by molar-refractivity contribution is 0.101. The molecule has 0 aliphatic rings. The Morgan fingerprint density at radius 1 is 0.923 bits per heavy atom. The Labute approximate surface area is 156 Å². The average molecular weight is 366 g/mol. The van der Waals surface area contributed by atoms with E-state index in [2.05, 4.69) is 15.6 Å². The van der Waals surface area contributed by atoms with Crippen molar-refractivity contribution in [2.24, 2.45) is 0 Å². The predicted octanol–water partition coefficient (Wildman–Crippen LogP) is 4.55. The van der Waals surface area contributed by atoms with Crippen LogP contribution < -0.4 is 10.6 Å². The maximum absolute atomic E-state index is 12.5. The molecule has 1 aromatic heterocycles. The first kappa shape index (κ1) is 17.6. The van der Waals surface area contributed by atoms with Gasteiger partial charge in [0.05, 0.1) is 0 Å². The van der Waals surface area contributed by atoms with Crippen LogP contribution in [0.4, 0.5) is 11.4 Å². The van der Waals surface area contributed by atoms with E-state index >= 15 is 0 Å². The minimum absolute atomic E-state index is 0.239. The Hall–Kier alpha value is -3.18. The third-order valence-electron chi connectivity index (χ3n) is 3.85. The van der Waals surface area contributed by atoms with E-state index in [1.807, 2.05) is 30.3 Å². The molecule has 130 valence electrons. The summed E-state index contributed by atoms with van der Waals surface area (Å²) in [5.74, 6) is -0.560. The molecule has 2 N–H and O–H groups in total. The zero-order chi connectivity index (χ0) is 18.5. The number of hydrogen-bond donors (Lipinski definition) is 2. The molecule has 0 saturated carbocycles. The molecule has 2 amide bonds. The Balaban J connectivity index is 1.81. The van der Waals surface area contributed by atoms with Gasteiger partial charge in [0.2, 0.25) is 0 Å². The van der Waals surface area contributed by atoms with Crippen LogP contribution in [0, 0.1) is 6.92 Å². The third kappa shape index (κ3) is 4.07. The second-order valence-electron chi connectivity index (χ2n) is 5.62. The van der Waals surface area contributed by atoms with E-state index in [0.29, 0.717) is 28.1 Å². The number of para-hydroxylation sites is 1. The predicted molar refractivity (Wildman–Crippen MR) is 103 cm³/mol. The Bertz CT molecular complexity index is 958. The first-order chi connectivity index (χ1) is 12.5. The van der Waals surface area contributed by atoms with E-state index in [1.54, 1.807) is 31.2 Å². The molecule has 0 aliphatic carbocycles. The van der Waals surface area contributed by atoms with Crippen LogP contribution in [0.5, 0.6) is 0 Å². The number of benzene rings is 2. The molecule has 3 aromatic rings. The summed E-state index contributed by atoms with van der Waals surface area (Å²) in [7, 11) is 0. The monoisotopic (exact) mass is 365 g/mol. The van der Waals surface area contributed by atoms with E-state index in [9.17, 15) is 9.59 Å². The zero-order valence-corrected chi connectivity index (χ0v) is 14.7. The summed E-state index contributed by atoms with van der Waals surface area (Å²) in [5.41, 5.74) is 2.82. The van der Waals surface area contributed by atoms with Gasteiger partial charge in [0.25, 0.3) is 11.8 Å². The van der Waals surface area contributed by atoms with Crippen molar-refractivity contribution in [3.05, 3.63) is 88.7 Å². The molecular formula is C20H16ClN3O2. The lowest BCUT2D eigenvalue weighted by Crippen LogP contribution is -2.17. The Morgan fingerprint density at radius 2 is 1.69 bits per heavy atom. The van der Waals surface area contributed by atoms with Crippen molar-refractivity contribution >= 4 is 34.8 Å². The molecule has 0 atom stereocenters. The molecule has 0 fully saturated rings. The maximum atomic E-state index is 12.5. The zero-order valence-electron chi connectivity index (χ0n) is 14.0. The summed E-state index contributed by atoms with van der Waals surface area (Å²) >= 11 is 5.82. The van der Waals surface area contributed by atoms with E-state index < -0.39 is 0 Å². The van der Waals surface area contributed by atoms with Gasteiger partial charge in [-0.1, -0.05) is 35.9 Å². The van der Waals surface area contributed by atoms with Gasteiger partial charge in [-0.3, -0.25) is 9.59 Å². The standard InChI is InChI=1S/C20H16ClN3O2/c1-13-16(20(26)23-15-6-3-2-4-7-15)8-5-9-17(13)24-19(25)14-10-11-22-18(21)12-14/h2-12H,1H3,(H,23,26)(H,24,25). The number of anilines is 2. The molecule has 0 saturated heterocycles. The van der Waals surface area contributed by atoms with Gasteiger partial charge in [-0.2, -0.15) is 0 Å². The molecule has 1 heterocycles. The number of nitrogens with zero attached hydrogens (tertiary/aromatic N) is 1. The molecule has 26 heavy (non-hydrogen) atoms. The molecule has 6 heteroatoms. The summed E-state index contributed by atoms with van der Waals surface area (Å²) < 4.78 is 0. The number of carbonyl (C=O) groups is 2. The number of halogens is 1. The largest absolute Gasteiger partial charge is 0.322 e. The topological polar surface area (TPSA) is 71.1 Å². The van der Waals surface area contributed by atoms with Crippen molar-refractivity contribution in [2.45, 2.75) is 6.92 Å². The smallest absolute Gasteiger partial charge is 0.256 e. The molecule has 5 nitrogen and oxygen atoms in total. The van der Waals surface area contributed by atoms with E-state index in [-0.39, 0.29) is 17.0 Å². The molecule has 0 unspecified atom stereocenters. The first-order valence-corrected chi connectivity index (χ1v) is 8.31. The second-order valence-corrected chi connectivity index (χ2v) is 6.01. The normalized spacial score (nSPS) is 10.2. The number of hydrogen-bond acceptors (Lipinski definition) is 3. The average Bonchev–Trinajstić information content (AvgIpc) is 2.64. The fourth-order valence-corrected chi connectivity index (χ4v) is 2.65. The fourth-order valence-electron chi connectivity index (χ4n) is 2.48. The van der Waals surface area contributed by atoms with Gasteiger partial charge >= 0.3 is 0 Å². The lowest BCUT2D eigenvalue weighted by Gasteiger charge is -2.13. The molecular weight excluding hydrogens is 350 g/mol. The van der Waals surface area contributed by atoms with Crippen molar-refractivity contribution in [3.8, 4) is 0 Å². The third-order valence-corrected chi connectivity index (χ3v) is 4.05. The number of aromatic nitrogens is 1. The van der Waals surface area contributed by atoms with Crippen LogP contribution in [0.25, 0.3) is 0 Å².